The summed E-state index contributed by atoms with van der Waals surface area (Å²) in [6.45, 7) is 6.11. The van der Waals surface area contributed by atoms with Crippen LogP contribution in [0.5, 0.6) is 0 Å². The molecule has 28 heavy (non-hydrogen) atoms. The third-order valence-corrected chi connectivity index (χ3v) is 5.25. The quantitative estimate of drug-likeness (QED) is 0.257. The lowest BCUT2D eigenvalue weighted by atomic mass is 10.1. The van der Waals surface area contributed by atoms with E-state index in [1.165, 1.54) is 4.88 Å². The van der Waals surface area contributed by atoms with E-state index in [1.54, 1.807) is 23.5 Å². The van der Waals surface area contributed by atoms with Crippen molar-refractivity contribution in [1.82, 2.24) is 20.8 Å². The summed E-state index contributed by atoms with van der Waals surface area (Å²) in [7, 11) is 0. The molecule has 6 nitrogen and oxygen atoms in total. The van der Waals surface area contributed by atoms with E-state index >= 15 is 0 Å². The average Bonchev–Trinajstić information content (AvgIpc) is 3.36. The van der Waals surface area contributed by atoms with E-state index in [-0.39, 0.29) is 24.0 Å². The molecule has 9 heteroatoms. The normalized spacial score (nSPS) is 12.3. The Morgan fingerprint density at radius 1 is 1.25 bits per heavy atom. The topological polar surface area (TPSA) is 75.3 Å². The van der Waals surface area contributed by atoms with Gasteiger partial charge in [0.25, 0.3) is 0 Å². The zero-order valence-corrected chi connectivity index (χ0v) is 19.6. The first-order valence-electron chi connectivity index (χ1n) is 8.79. The third-order valence-electron chi connectivity index (χ3n) is 3.89. The predicted molar refractivity (Wildman–Crippen MR) is 126 cm³/mol. The molecule has 1 aromatic carbocycles. The van der Waals surface area contributed by atoms with Crippen LogP contribution in [-0.2, 0) is 6.54 Å². The van der Waals surface area contributed by atoms with Crippen molar-refractivity contribution in [3.8, 4) is 11.4 Å². The lowest BCUT2D eigenvalue weighted by molar-refractivity contribution is 0.380. The number of benzene rings is 1. The molecular weight excluding hydrogens is 509 g/mol. The number of rotatable bonds is 7. The molecule has 0 aliphatic carbocycles. The van der Waals surface area contributed by atoms with Gasteiger partial charge in [-0.3, -0.25) is 0 Å². The highest BCUT2D eigenvalue weighted by Gasteiger charge is 2.10. The second kappa shape index (κ2) is 11.4. The van der Waals surface area contributed by atoms with E-state index in [9.17, 15) is 0 Å². The van der Waals surface area contributed by atoms with Gasteiger partial charge in [-0.2, -0.15) is 4.98 Å². The number of guanidine groups is 1. The van der Waals surface area contributed by atoms with Crippen molar-refractivity contribution < 1.29 is 4.52 Å². The maximum atomic E-state index is 5.91. The van der Waals surface area contributed by atoms with Crippen molar-refractivity contribution in [3.63, 3.8) is 0 Å². The number of aliphatic imine (C=N–C) groups is 1. The van der Waals surface area contributed by atoms with Gasteiger partial charge in [0, 0.05) is 34.5 Å². The van der Waals surface area contributed by atoms with Crippen molar-refractivity contribution in [1.29, 1.82) is 0 Å². The van der Waals surface area contributed by atoms with E-state index in [0.717, 1.165) is 24.6 Å². The largest absolute Gasteiger partial charge is 0.357 e. The molecule has 1 unspecified atom stereocenters. The van der Waals surface area contributed by atoms with Crippen LogP contribution in [0.4, 0.5) is 0 Å². The van der Waals surface area contributed by atoms with Crippen LogP contribution in [0.25, 0.3) is 11.4 Å². The van der Waals surface area contributed by atoms with Crippen LogP contribution in [0.2, 0.25) is 5.02 Å². The van der Waals surface area contributed by atoms with Gasteiger partial charge in [-0.1, -0.05) is 29.7 Å². The zero-order chi connectivity index (χ0) is 19.1. The molecule has 0 amide bonds. The molecule has 0 bridgehead atoms. The molecule has 0 saturated heterocycles. The number of hydrogen-bond acceptors (Lipinski definition) is 5. The first-order chi connectivity index (χ1) is 13.2. The number of thiophene rings is 1. The molecule has 2 aromatic heterocycles. The van der Waals surface area contributed by atoms with E-state index in [4.69, 9.17) is 16.1 Å². The van der Waals surface area contributed by atoms with Gasteiger partial charge in [0.05, 0.1) is 0 Å². The molecule has 0 aliphatic rings. The van der Waals surface area contributed by atoms with Crippen molar-refractivity contribution in [3.05, 3.63) is 57.6 Å². The standard InChI is InChI=1S/C19H22ClN5OS.HI/c1-3-21-19(22-11-13(2)16-5-4-10-27-16)23-12-17-24-18(25-26-17)14-6-8-15(20)9-7-14;/h4-10,13H,3,11-12H2,1-2H3,(H2,21,22,23);1H. The Labute approximate surface area is 190 Å². The van der Waals surface area contributed by atoms with Crippen molar-refractivity contribution in [2.45, 2.75) is 26.3 Å². The van der Waals surface area contributed by atoms with E-state index in [0.29, 0.717) is 29.2 Å². The molecule has 1 atom stereocenters. The van der Waals surface area contributed by atoms with Gasteiger partial charge in [0.15, 0.2) is 5.96 Å². The van der Waals surface area contributed by atoms with E-state index < -0.39 is 0 Å². The molecule has 150 valence electrons. The van der Waals surface area contributed by atoms with E-state index in [2.05, 4.69) is 50.2 Å². The Kier molecular flexibility index (Phi) is 9.20. The molecule has 3 rings (SSSR count). The second-order valence-corrected chi connectivity index (χ2v) is 7.43. The Hall–Kier alpha value is -1.65. The summed E-state index contributed by atoms with van der Waals surface area (Å²) in [5, 5.41) is 13.4. The zero-order valence-electron chi connectivity index (χ0n) is 15.7. The Bertz CT molecular complexity index is 867. The summed E-state index contributed by atoms with van der Waals surface area (Å²) >= 11 is 7.67. The predicted octanol–water partition coefficient (Wildman–Crippen LogP) is 4.93. The van der Waals surface area contributed by atoms with Gasteiger partial charge >= 0.3 is 0 Å². The molecule has 0 radical (unpaired) electrons. The summed E-state index contributed by atoms with van der Waals surface area (Å²) in [5.74, 6) is 2.13. The first-order valence-corrected chi connectivity index (χ1v) is 10.1. The van der Waals surface area contributed by atoms with Gasteiger partial charge < -0.3 is 15.2 Å². The molecule has 0 spiro atoms. The van der Waals surface area contributed by atoms with Crippen LogP contribution in [-0.4, -0.2) is 29.2 Å². The number of aromatic nitrogens is 2. The molecule has 2 N–H and O–H groups in total. The van der Waals surface area contributed by atoms with Crippen molar-refractivity contribution in [2.24, 2.45) is 4.99 Å². The van der Waals surface area contributed by atoms with Crippen LogP contribution in [0.1, 0.15) is 30.5 Å². The fourth-order valence-corrected chi connectivity index (χ4v) is 3.36. The lowest BCUT2D eigenvalue weighted by Crippen LogP contribution is -2.39. The minimum atomic E-state index is 0. The monoisotopic (exact) mass is 531 g/mol. The highest BCUT2D eigenvalue weighted by atomic mass is 127. The lowest BCUT2D eigenvalue weighted by Gasteiger charge is -2.14. The van der Waals surface area contributed by atoms with Gasteiger partial charge in [-0.15, -0.1) is 35.3 Å². The minimum absolute atomic E-state index is 0. The molecule has 0 saturated carbocycles. The van der Waals surface area contributed by atoms with Gasteiger partial charge in [0.2, 0.25) is 11.7 Å². The fourth-order valence-electron chi connectivity index (χ4n) is 2.45. The van der Waals surface area contributed by atoms with Crippen LogP contribution in [0.3, 0.4) is 0 Å². The highest BCUT2D eigenvalue weighted by Crippen LogP contribution is 2.20. The number of hydrogen-bond donors (Lipinski definition) is 2. The summed E-state index contributed by atoms with van der Waals surface area (Å²) in [6, 6.07) is 11.5. The summed E-state index contributed by atoms with van der Waals surface area (Å²) in [4.78, 5) is 10.3. The van der Waals surface area contributed by atoms with Crippen LogP contribution in [0, 0.1) is 0 Å². The fraction of sp³-hybridized carbons (Fsp3) is 0.316. The van der Waals surface area contributed by atoms with Gasteiger partial charge in [0.1, 0.15) is 6.54 Å². The Morgan fingerprint density at radius 3 is 2.71 bits per heavy atom. The third kappa shape index (κ3) is 6.46. The maximum Gasteiger partial charge on any atom is 0.248 e. The Balaban J connectivity index is 0.00000280. The molecule has 2 heterocycles. The number of nitrogens with zero attached hydrogens (tertiary/aromatic N) is 3. The number of nitrogens with one attached hydrogen (secondary N) is 2. The van der Waals surface area contributed by atoms with Crippen molar-refractivity contribution in [2.75, 3.05) is 13.1 Å². The molecule has 0 fully saturated rings. The van der Waals surface area contributed by atoms with Crippen LogP contribution < -0.4 is 10.6 Å². The molecular formula is C19H23ClIN5OS. The van der Waals surface area contributed by atoms with Crippen LogP contribution in [0.15, 0.2) is 51.3 Å². The summed E-state index contributed by atoms with van der Waals surface area (Å²) < 4.78 is 5.31. The average molecular weight is 532 g/mol. The first kappa shape index (κ1) is 22.6. The Morgan fingerprint density at radius 2 is 2.04 bits per heavy atom. The summed E-state index contributed by atoms with van der Waals surface area (Å²) in [6.07, 6.45) is 0. The minimum Gasteiger partial charge on any atom is -0.357 e. The number of halogens is 2. The van der Waals surface area contributed by atoms with Gasteiger partial charge in [-0.05, 0) is 42.6 Å². The van der Waals surface area contributed by atoms with E-state index in [1.807, 2.05) is 19.1 Å². The molecule has 0 aliphatic heterocycles. The molecule has 3 aromatic rings. The van der Waals surface area contributed by atoms with Crippen molar-refractivity contribution >= 4 is 52.9 Å². The second-order valence-electron chi connectivity index (χ2n) is 6.01. The van der Waals surface area contributed by atoms with Crippen LogP contribution >= 0.6 is 46.9 Å². The summed E-state index contributed by atoms with van der Waals surface area (Å²) in [5.41, 5.74) is 0.855. The SMILES string of the molecule is CCNC(=NCc1nc(-c2ccc(Cl)cc2)no1)NCC(C)c1cccs1.I. The maximum absolute atomic E-state index is 5.91. The smallest absolute Gasteiger partial charge is 0.248 e. The van der Waals surface area contributed by atoms with Gasteiger partial charge in [-0.25, -0.2) is 4.99 Å². The highest BCUT2D eigenvalue weighted by molar-refractivity contribution is 14.0.